The number of para-hydroxylation sites is 1. The van der Waals surface area contributed by atoms with Crippen molar-refractivity contribution >= 4 is 11.7 Å². The number of anilines is 1. The number of nitrogens with two attached hydrogens (primary N) is 1. The van der Waals surface area contributed by atoms with Crippen LogP contribution in [0.4, 0.5) is 5.69 Å². The van der Waals surface area contributed by atoms with Crippen molar-refractivity contribution in [1.29, 1.82) is 0 Å². The van der Waals surface area contributed by atoms with E-state index in [0.717, 1.165) is 5.56 Å². The van der Waals surface area contributed by atoms with Gasteiger partial charge in [0.15, 0.2) is 0 Å². The zero-order chi connectivity index (χ0) is 12.8. The number of ether oxygens (including phenoxy) is 1. The third-order valence-electron chi connectivity index (χ3n) is 3.59. The highest BCUT2D eigenvalue weighted by atomic mass is 16.5. The molecule has 1 fully saturated rings. The lowest BCUT2D eigenvalue weighted by Gasteiger charge is -2.21. The summed E-state index contributed by atoms with van der Waals surface area (Å²) in [6.45, 7) is 0.575. The van der Waals surface area contributed by atoms with E-state index in [1.165, 1.54) is 32.1 Å². The van der Waals surface area contributed by atoms with E-state index in [0.29, 0.717) is 18.2 Å². The van der Waals surface area contributed by atoms with Crippen LogP contribution in [-0.2, 0) is 16.0 Å². The van der Waals surface area contributed by atoms with Gasteiger partial charge < -0.3 is 10.5 Å². The van der Waals surface area contributed by atoms with Crippen molar-refractivity contribution in [3.05, 3.63) is 29.8 Å². The van der Waals surface area contributed by atoms with Gasteiger partial charge >= 0.3 is 5.97 Å². The predicted octanol–water partition coefficient (Wildman–Crippen LogP) is 2.93. The van der Waals surface area contributed by atoms with E-state index in [1.54, 1.807) is 0 Å². The second kappa shape index (κ2) is 6.43. The Balaban J connectivity index is 1.76. The van der Waals surface area contributed by atoms with Crippen LogP contribution in [0.1, 0.15) is 37.7 Å². The van der Waals surface area contributed by atoms with Crippen LogP contribution in [0, 0.1) is 5.92 Å². The van der Waals surface area contributed by atoms with Crippen LogP contribution in [0.5, 0.6) is 0 Å². The van der Waals surface area contributed by atoms with E-state index in [1.807, 2.05) is 24.3 Å². The molecule has 98 valence electrons. The molecule has 1 aliphatic rings. The molecule has 0 amide bonds. The maximum atomic E-state index is 11.7. The lowest BCUT2D eigenvalue weighted by atomic mass is 9.90. The lowest BCUT2D eigenvalue weighted by molar-refractivity contribution is -0.144. The third kappa shape index (κ3) is 3.76. The smallest absolute Gasteiger partial charge is 0.310 e. The zero-order valence-corrected chi connectivity index (χ0v) is 10.7. The van der Waals surface area contributed by atoms with E-state index in [9.17, 15) is 4.79 Å². The van der Waals surface area contributed by atoms with Crippen LogP contribution in [0.3, 0.4) is 0 Å². The monoisotopic (exact) mass is 247 g/mol. The molecule has 2 N–H and O–H groups in total. The second-order valence-corrected chi connectivity index (χ2v) is 5.06. The molecular weight excluding hydrogens is 226 g/mol. The van der Waals surface area contributed by atoms with Gasteiger partial charge in [-0.2, -0.15) is 0 Å². The topological polar surface area (TPSA) is 52.3 Å². The molecule has 0 aliphatic heterocycles. The molecule has 1 saturated carbocycles. The molecule has 0 spiro atoms. The first-order valence-corrected chi connectivity index (χ1v) is 6.74. The van der Waals surface area contributed by atoms with Gasteiger partial charge in [0.1, 0.15) is 0 Å². The SMILES string of the molecule is Nc1ccccc1CC(=O)OCC1CCCCC1. The van der Waals surface area contributed by atoms with Crippen molar-refractivity contribution in [3.8, 4) is 0 Å². The Kier molecular flexibility index (Phi) is 4.62. The summed E-state index contributed by atoms with van der Waals surface area (Å²) in [5, 5.41) is 0. The first-order valence-electron chi connectivity index (χ1n) is 6.74. The van der Waals surface area contributed by atoms with Gasteiger partial charge in [-0.15, -0.1) is 0 Å². The van der Waals surface area contributed by atoms with E-state index in [2.05, 4.69) is 0 Å². The number of nitrogen functional groups attached to an aromatic ring is 1. The number of benzene rings is 1. The van der Waals surface area contributed by atoms with Crippen LogP contribution in [0.2, 0.25) is 0 Å². The summed E-state index contributed by atoms with van der Waals surface area (Å²) in [7, 11) is 0. The Morgan fingerprint density at radius 2 is 1.94 bits per heavy atom. The molecule has 0 atom stereocenters. The summed E-state index contributed by atoms with van der Waals surface area (Å²) in [5.74, 6) is 0.397. The number of hydrogen-bond donors (Lipinski definition) is 1. The van der Waals surface area contributed by atoms with Crippen molar-refractivity contribution in [2.24, 2.45) is 5.92 Å². The van der Waals surface area contributed by atoms with Gasteiger partial charge in [0, 0.05) is 5.69 Å². The molecule has 18 heavy (non-hydrogen) atoms. The van der Waals surface area contributed by atoms with Crippen molar-refractivity contribution < 1.29 is 9.53 Å². The molecule has 0 aromatic heterocycles. The van der Waals surface area contributed by atoms with Gasteiger partial charge in [-0.3, -0.25) is 4.79 Å². The van der Waals surface area contributed by atoms with Gasteiger partial charge in [-0.1, -0.05) is 37.5 Å². The minimum atomic E-state index is -0.168. The summed E-state index contributed by atoms with van der Waals surface area (Å²) >= 11 is 0. The van der Waals surface area contributed by atoms with E-state index < -0.39 is 0 Å². The van der Waals surface area contributed by atoms with Crippen molar-refractivity contribution in [2.75, 3.05) is 12.3 Å². The first kappa shape index (κ1) is 12.9. The average molecular weight is 247 g/mol. The van der Waals surface area contributed by atoms with Crippen LogP contribution >= 0.6 is 0 Å². The number of rotatable bonds is 4. The lowest BCUT2D eigenvalue weighted by Crippen LogP contribution is -2.18. The third-order valence-corrected chi connectivity index (χ3v) is 3.59. The largest absolute Gasteiger partial charge is 0.465 e. The molecule has 0 saturated heterocycles. The van der Waals surface area contributed by atoms with E-state index >= 15 is 0 Å². The van der Waals surface area contributed by atoms with Crippen molar-refractivity contribution in [3.63, 3.8) is 0 Å². The fraction of sp³-hybridized carbons (Fsp3) is 0.533. The fourth-order valence-corrected chi connectivity index (χ4v) is 2.47. The molecule has 1 aromatic rings. The Morgan fingerprint density at radius 1 is 1.22 bits per heavy atom. The Labute approximate surface area is 108 Å². The molecular formula is C15H21NO2. The van der Waals surface area contributed by atoms with Crippen molar-refractivity contribution in [2.45, 2.75) is 38.5 Å². The summed E-state index contributed by atoms with van der Waals surface area (Å²) in [4.78, 5) is 11.7. The Morgan fingerprint density at radius 3 is 2.67 bits per heavy atom. The van der Waals surface area contributed by atoms with Crippen molar-refractivity contribution in [1.82, 2.24) is 0 Å². The highest BCUT2D eigenvalue weighted by Gasteiger charge is 2.15. The van der Waals surface area contributed by atoms with Gasteiger partial charge in [-0.05, 0) is 30.4 Å². The van der Waals surface area contributed by atoms with Gasteiger partial charge in [0.2, 0.25) is 0 Å². The Hall–Kier alpha value is -1.51. The molecule has 1 aromatic carbocycles. The minimum Gasteiger partial charge on any atom is -0.465 e. The number of carbonyl (C=O) groups is 1. The average Bonchev–Trinajstić information content (AvgIpc) is 2.40. The van der Waals surface area contributed by atoms with Crippen LogP contribution in [0.25, 0.3) is 0 Å². The minimum absolute atomic E-state index is 0.168. The van der Waals surface area contributed by atoms with Crippen LogP contribution in [-0.4, -0.2) is 12.6 Å². The summed E-state index contributed by atoms with van der Waals surface area (Å²) in [6, 6.07) is 7.44. The molecule has 2 rings (SSSR count). The zero-order valence-electron chi connectivity index (χ0n) is 10.7. The van der Waals surface area contributed by atoms with Crippen LogP contribution in [0.15, 0.2) is 24.3 Å². The highest BCUT2D eigenvalue weighted by molar-refractivity contribution is 5.74. The quantitative estimate of drug-likeness (QED) is 0.657. The molecule has 0 radical (unpaired) electrons. The van der Waals surface area contributed by atoms with Crippen LogP contribution < -0.4 is 5.73 Å². The molecule has 1 aliphatic carbocycles. The van der Waals surface area contributed by atoms with E-state index in [-0.39, 0.29) is 12.4 Å². The van der Waals surface area contributed by atoms with E-state index in [4.69, 9.17) is 10.5 Å². The second-order valence-electron chi connectivity index (χ2n) is 5.06. The highest BCUT2D eigenvalue weighted by Crippen LogP contribution is 2.23. The maximum absolute atomic E-state index is 11.7. The number of hydrogen-bond acceptors (Lipinski definition) is 3. The summed E-state index contributed by atoms with van der Waals surface area (Å²) < 4.78 is 5.35. The summed E-state index contributed by atoms with van der Waals surface area (Å²) in [5.41, 5.74) is 7.31. The van der Waals surface area contributed by atoms with Gasteiger partial charge in [0.05, 0.1) is 13.0 Å². The Bertz CT molecular complexity index is 397. The molecule has 3 nitrogen and oxygen atoms in total. The molecule has 0 heterocycles. The maximum Gasteiger partial charge on any atom is 0.310 e. The number of esters is 1. The first-order chi connectivity index (χ1) is 8.75. The number of carbonyl (C=O) groups excluding carboxylic acids is 1. The standard InChI is InChI=1S/C15H21NO2/c16-14-9-5-4-8-13(14)10-15(17)18-11-12-6-2-1-3-7-12/h4-5,8-9,12H,1-3,6-7,10-11,16H2. The van der Waals surface area contributed by atoms with Gasteiger partial charge in [-0.25, -0.2) is 0 Å². The molecule has 0 unspecified atom stereocenters. The summed E-state index contributed by atoms with van der Waals surface area (Å²) in [6.07, 6.45) is 6.54. The van der Waals surface area contributed by atoms with Gasteiger partial charge in [0.25, 0.3) is 0 Å². The normalized spacial score (nSPS) is 16.4. The predicted molar refractivity (Wildman–Crippen MR) is 72.1 cm³/mol. The fourth-order valence-electron chi connectivity index (χ4n) is 2.47. The molecule has 0 bridgehead atoms. The molecule has 3 heteroatoms.